The average molecular weight is 541 g/mol. The van der Waals surface area contributed by atoms with Crippen LogP contribution in [0, 0.1) is 12.8 Å². The second-order valence-electron chi connectivity index (χ2n) is 10.9. The van der Waals surface area contributed by atoms with E-state index in [0.29, 0.717) is 22.6 Å². The number of fused-ring (bicyclic) bond motifs is 6. The normalized spacial score (nSPS) is 23.5. The van der Waals surface area contributed by atoms with Crippen LogP contribution in [-0.2, 0) is 10.2 Å². The van der Waals surface area contributed by atoms with Gasteiger partial charge in [0.05, 0.1) is 19.1 Å². The van der Waals surface area contributed by atoms with Crippen molar-refractivity contribution in [2.45, 2.75) is 24.4 Å². The summed E-state index contributed by atoms with van der Waals surface area (Å²) >= 11 is 0. The van der Waals surface area contributed by atoms with Gasteiger partial charge in [0.2, 0.25) is 5.91 Å². The summed E-state index contributed by atoms with van der Waals surface area (Å²) in [5.74, 6) is -1.11. The second kappa shape index (κ2) is 9.30. The van der Waals surface area contributed by atoms with Gasteiger partial charge in [0, 0.05) is 22.5 Å². The second-order valence-corrected chi connectivity index (χ2v) is 10.9. The molecule has 202 valence electrons. The Labute approximate surface area is 238 Å². The van der Waals surface area contributed by atoms with Gasteiger partial charge in [0.25, 0.3) is 0 Å². The molecule has 3 heterocycles. The molecule has 0 radical (unpaired) electrons. The highest BCUT2D eigenvalue weighted by Gasteiger charge is 2.70. The summed E-state index contributed by atoms with van der Waals surface area (Å²) in [6, 6.07) is 28.1. The van der Waals surface area contributed by atoms with E-state index < -0.39 is 23.4 Å². The predicted octanol–water partition coefficient (Wildman–Crippen LogP) is 5.86. The number of anilines is 2. The third-order valence-electron chi connectivity index (χ3n) is 8.77. The van der Waals surface area contributed by atoms with E-state index in [4.69, 9.17) is 4.74 Å². The van der Waals surface area contributed by atoms with E-state index in [9.17, 15) is 14.4 Å². The van der Waals surface area contributed by atoms with Crippen LogP contribution in [0.4, 0.5) is 11.4 Å². The molecule has 1 N–H and O–H groups in total. The third kappa shape index (κ3) is 3.53. The van der Waals surface area contributed by atoms with E-state index >= 15 is 0 Å². The monoisotopic (exact) mass is 540 g/mol. The number of hydrogen-bond donors (Lipinski definition) is 1. The minimum atomic E-state index is -1.33. The maximum atomic E-state index is 14.8. The van der Waals surface area contributed by atoms with Gasteiger partial charge >= 0.3 is 0 Å². The Kier molecular flexibility index (Phi) is 5.68. The first kappa shape index (κ1) is 25.0. The lowest BCUT2D eigenvalue weighted by atomic mass is 9.64. The lowest BCUT2D eigenvalue weighted by Crippen LogP contribution is -2.51. The van der Waals surface area contributed by atoms with Crippen molar-refractivity contribution in [2.24, 2.45) is 5.92 Å². The van der Waals surface area contributed by atoms with Gasteiger partial charge in [-0.05, 0) is 60.0 Å². The summed E-state index contributed by atoms with van der Waals surface area (Å²) in [6.07, 6.45) is 4.00. The number of para-hydroxylation sites is 1. The predicted molar refractivity (Wildman–Crippen MR) is 159 cm³/mol. The van der Waals surface area contributed by atoms with Crippen molar-refractivity contribution in [1.82, 2.24) is 0 Å². The van der Waals surface area contributed by atoms with Crippen molar-refractivity contribution >= 4 is 34.9 Å². The molecule has 0 bridgehead atoms. The lowest BCUT2D eigenvalue weighted by Gasteiger charge is -2.37. The largest absolute Gasteiger partial charge is 0.497 e. The number of carbonyl (C=O) groups excluding carboxylic acids is 3. The number of ether oxygens (including phenoxy) is 1. The summed E-state index contributed by atoms with van der Waals surface area (Å²) in [4.78, 5) is 45.9. The van der Waals surface area contributed by atoms with Crippen LogP contribution in [-0.4, -0.2) is 36.7 Å². The molecule has 6 heteroatoms. The fourth-order valence-electron chi connectivity index (χ4n) is 6.98. The number of methoxy groups -OCH3 is 1. The van der Waals surface area contributed by atoms with Crippen molar-refractivity contribution < 1.29 is 19.1 Å². The molecule has 3 aliphatic rings. The fourth-order valence-corrected chi connectivity index (χ4v) is 6.98. The minimum absolute atomic E-state index is 0.195. The molecule has 0 aromatic heterocycles. The van der Waals surface area contributed by atoms with Gasteiger partial charge < -0.3 is 15.0 Å². The molecule has 4 unspecified atom stereocenters. The number of hydrogen-bond acceptors (Lipinski definition) is 5. The number of ketones is 2. The van der Waals surface area contributed by atoms with E-state index in [-0.39, 0.29) is 17.5 Å². The van der Waals surface area contributed by atoms with Crippen LogP contribution in [0.2, 0.25) is 0 Å². The molecule has 1 fully saturated rings. The van der Waals surface area contributed by atoms with Crippen LogP contribution in [0.15, 0.2) is 103 Å². The Morgan fingerprint density at radius 2 is 1.56 bits per heavy atom. The Balaban J connectivity index is 1.53. The number of nitrogens with one attached hydrogen (secondary N) is 1. The zero-order chi connectivity index (χ0) is 28.3. The summed E-state index contributed by atoms with van der Waals surface area (Å²) < 4.78 is 5.33. The van der Waals surface area contributed by atoms with Crippen molar-refractivity contribution in [3.63, 3.8) is 0 Å². The number of Topliss-reactive ketones (excluding diaryl/α,β-unsaturated/α-hetero) is 2. The number of benzene rings is 4. The fraction of sp³-hybridized carbons (Fsp3) is 0.171. The molecule has 1 saturated heterocycles. The van der Waals surface area contributed by atoms with E-state index in [0.717, 1.165) is 22.4 Å². The number of amides is 1. The van der Waals surface area contributed by atoms with Crippen LogP contribution in [0.3, 0.4) is 0 Å². The van der Waals surface area contributed by atoms with Crippen molar-refractivity contribution in [1.29, 1.82) is 0 Å². The first-order chi connectivity index (χ1) is 19.9. The zero-order valence-corrected chi connectivity index (χ0v) is 22.7. The topological polar surface area (TPSA) is 75.7 Å². The van der Waals surface area contributed by atoms with Gasteiger partial charge in [-0.2, -0.15) is 0 Å². The van der Waals surface area contributed by atoms with Gasteiger partial charge in [-0.15, -0.1) is 0 Å². The van der Waals surface area contributed by atoms with Crippen molar-refractivity contribution in [2.75, 3.05) is 17.3 Å². The number of rotatable bonds is 5. The highest BCUT2D eigenvalue weighted by atomic mass is 16.5. The molecule has 1 amide bonds. The van der Waals surface area contributed by atoms with Gasteiger partial charge in [0.15, 0.2) is 11.6 Å². The lowest BCUT2D eigenvalue weighted by molar-refractivity contribution is -0.121. The van der Waals surface area contributed by atoms with Crippen LogP contribution >= 0.6 is 0 Å². The van der Waals surface area contributed by atoms with Crippen LogP contribution in [0.25, 0.3) is 6.08 Å². The number of aryl methyl sites for hydroxylation is 1. The molecule has 4 aromatic carbocycles. The summed E-state index contributed by atoms with van der Waals surface area (Å²) in [5, 5.41) is 3.07. The van der Waals surface area contributed by atoms with Crippen LogP contribution in [0.5, 0.6) is 5.75 Å². The molecule has 4 atom stereocenters. The molecule has 4 aromatic rings. The molecule has 0 aliphatic carbocycles. The Hall–Kier alpha value is -4.97. The molecule has 3 aliphatic heterocycles. The van der Waals surface area contributed by atoms with Crippen molar-refractivity contribution in [3.8, 4) is 5.75 Å². The molecule has 7 rings (SSSR count). The molecular formula is C35H28N2O4. The standard InChI is InChI=1S/C35H28N2O4/c1-21-12-13-22-16-19-29-35(26-10-6-7-11-27(26)36-34(35)40)30(32(38)24-14-17-25(41-2)18-15-24)31(37(29)28(22)20-21)33(39)23-8-4-3-5-9-23/h3-20,29-31H,1-2H3,(H,36,40). The van der Waals surface area contributed by atoms with Gasteiger partial charge in [-0.3, -0.25) is 14.4 Å². The average Bonchev–Trinajstić information content (AvgIpc) is 3.49. The molecule has 6 nitrogen and oxygen atoms in total. The third-order valence-corrected chi connectivity index (χ3v) is 8.77. The quantitative estimate of drug-likeness (QED) is 0.321. The van der Waals surface area contributed by atoms with E-state index in [1.165, 1.54) is 0 Å². The number of carbonyl (C=O) groups is 3. The molecular weight excluding hydrogens is 512 g/mol. The van der Waals surface area contributed by atoms with Crippen LogP contribution < -0.4 is 15.0 Å². The highest BCUT2D eigenvalue weighted by Crippen LogP contribution is 2.58. The molecule has 41 heavy (non-hydrogen) atoms. The minimum Gasteiger partial charge on any atom is -0.497 e. The van der Waals surface area contributed by atoms with E-state index in [1.807, 2.05) is 84.6 Å². The van der Waals surface area contributed by atoms with Crippen molar-refractivity contribution in [3.05, 3.63) is 131 Å². The van der Waals surface area contributed by atoms with Gasteiger partial charge in [-0.1, -0.05) is 72.8 Å². The Bertz CT molecular complexity index is 1740. The summed E-state index contributed by atoms with van der Waals surface area (Å²) in [7, 11) is 1.57. The molecule has 1 spiro atoms. The Morgan fingerprint density at radius 1 is 0.854 bits per heavy atom. The van der Waals surface area contributed by atoms with E-state index in [1.54, 1.807) is 43.5 Å². The summed E-state index contributed by atoms with van der Waals surface area (Å²) in [6.45, 7) is 2.00. The first-order valence-corrected chi connectivity index (χ1v) is 13.7. The molecule has 0 saturated carbocycles. The van der Waals surface area contributed by atoms with E-state index in [2.05, 4.69) is 5.32 Å². The first-order valence-electron chi connectivity index (χ1n) is 13.7. The van der Waals surface area contributed by atoms with Gasteiger partial charge in [-0.25, -0.2) is 0 Å². The van der Waals surface area contributed by atoms with Gasteiger partial charge in [0.1, 0.15) is 17.2 Å². The zero-order valence-electron chi connectivity index (χ0n) is 22.7. The van der Waals surface area contributed by atoms with Crippen LogP contribution in [0.1, 0.15) is 37.4 Å². The Morgan fingerprint density at radius 3 is 2.32 bits per heavy atom. The highest BCUT2D eigenvalue weighted by molar-refractivity contribution is 6.18. The number of nitrogens with zero attached hydrogens (tertiary/aromatic N) is 1. The smallest absolute Gasteiger partial charge is 0.238 e. The SMILES string of the molecule is COc1ccc(C(=O)C2C(C(=O)c3ccccc3)N3c4cc(C)ccc4C=CC3C23C(=O)Nc2ccccc23)cc1. The maximum Gasteiger partial charge on any atom is 0.238 e. The maximum absolute atomic E-state index is 14.8. The summed E-state index contributed by atoms with van der Waals surface area (Å²) in [5.41, 5.74) is 3.80.